The molecule has 3 rings (SSSR count). The SMILES string of the molecule is CCc1cc(OC(C)C)c(S(=O)(=O)c2ccccc2)cc1S(=O)(=O)c1ccccc1. The molecule has 0 radical (unpaired) electrons. The van der Waals surface area contributed by atoms with Gasteiger partial charge in [0.15, 0.2) is 0 Å². The molecule has 0 N–H and O–H groups in total. The van der Waals surface area contributed by atoms with Crippen LogP contribution in [0, 0.1) is 0 Å². The third-order valence-corrected chi connectivity index (χ3v) is 8.20. The van der Waals surface area contributed by atoms with E-state index in [0.29, 0.717) is 12.0 Å². The van der Waals surface area contributed by atoms with Crippen molar-refractivity contribution in [3.8, 4) is 5.75 Å². The van der Waals surface area contributed by atoms with Crippen molar-refractivity contribution in [1.29, 1.82) is 0 Å². The quantitative estimate of drug-likeness (QED) is 0.528. The molecule has 0 saturated heterocycles. The van der Waals surface area contributed by atoms with E-state index >= 15 is 0 Å². The Morgan fingerprint density at radius 2 is 1.20 bits per heavy atom. The van der Waals surface area contributed by atoms with Gasteiger partial charge < -0.3 is 4.74 Å². The molecule has 0 aliphatic carbocycles. The first kappa shape index (κ1) is 22.1. The minimum atomic E-state index is -3.99. The first-order chi connectivity index (χ1) is 14.2. The Labute approximate surface area is 178 Å². The molecule has 158 valence electrons. The van der Waals surface area contributed by atoms with Gasteiger partial charge in [-0.3, -0.25) is 0 Å². The van der Waals surface area contributed by atoms with E-state index in [-0.39, 0.29) is 31.4 Å². The number of ether oxygens (including phenoxy) is 1. The molecule has 0 aromatic heterocycles. The summed E-state index contributed by atoms with van der Waals surface area (Å²) in [7, 11) is -7.91. The molecule has 0 aliphatic rings. The molecule has 0 amide bonds. The van der Waals surface area contributed by atoms with Crippen LogP contribution in [0.1, 0.15) is 26.3 Å². The second kappa shape index (κ2) is 8.62. The summed E-state index contributed by atoms with van der Waals surface area (Å²) in [5.74, 6) is 0.151. The smallest absolute Gasteiger partial charge is 0.210 e. The van der Waals surface area contributed by atoms with Gasteiger partial charge in [-0.05, 0) is 62.2 Å². The second-order valence-electron chi connectivity index (χ2n) is 7.06. The van der Waals surface area contributed by atoms with Crippen LogP contribution in [0.15, 0.2) is 92.4 Å². The summed E-state index contributed by atoms with van der Waals surface area (Å²) in [5, 5.41) is 0. The molecule has 7 heteroatoms. The lowest BCUT2D eigenvalue weighted by Gasteiger charge is -2.19. The first-order valence-electron chi connectivity index (χ1n) is 9.61. The topological polar surface area (TPSA) is 77.5 Å². The standard InChI is InChI=1S/C23H24O5S2/c1-4-18-15-21(28-17(2)3)23(30(26,27)20-13-9-6-10-14-20)16-22(18)29(24,25)19-11-7-5-8-12-19/h5-17H,4H2,1-3H3. The zero-order chi connectivity index (χ0) is 21.9. The van der Waals surface area contributed by atoms with E-state index in [0.717, 1.165) is 0 Å². The molecule has 3 aromatic rings. The predicted molar refractivity (Wildman–Crippen MR) is 115 cm³/mol. The minimum Gasteiger partial charge on any atom is -0.490 e. The zero-order valence-corrected chi connectivity index (χ0v) is 18.7. The van der Waals surface area contributed by atoms with E-state index in [9.17, 15) is 16.8 Å². The van der Waals surface area contributed by atoms with Gasteiger partial charge in [0.05, 0.1) is 20.8 Å². The van der Waals surface area contributed by atoms with Gasteiger partial charge in [-0.25, -0.2) is 16.8 Å². The summed E-state index contributed by atoms with van der Waals surface area (Å²) in [5.41, 5.74) is 0.501. The molecule has 3 aromatic carbocycles. The summed E-state index contributed by atoms with van der Waals surface area (Å²) >= 11 is 0. The largest absolute Gasteiger partial charge is 0.490 e. The lowest BCUT2D eigenvalue weighted by molar-refractivity contribution is 0.235. The minimum absolute atomic E-state index is 0.0261. The van der Waals surface area contributed by atoms with Crippen molar-refractivity contribution < 1.29 is 21.6 Å². The predicted octanol–water partition coefficient (Wildman–Crippen LogP) is 4.70. The Balaban J connectivity index is 2.32. The molecule has 0 fully saturated rings. The second-order valence-corrected chi connectivity index (χ2v) is 10.9. The van der Waals surface area contributed by atoms with Gasteiger partial charge >= 0.3 is 0 Å². The van der Waals surface area contributed by atoms with Crippen molar-refractivity contribution >= 4 is 19.7 Å². The van der Waals surface area contributed by atoms with Crippen LogP contribution in [-0.2, 0) is 26.1 Å². The third kappa shape index (κ3) is 4.27. The van der Waals surface area contributed by atoms with Crippen LogP contribution in [0.2, 0.25) is 0 Å². The first-order valence-corrected chi connectivity index (χ1v) is 12.6. The molecule has 30 heavy (non-hydrogen) atoms. The number of benzene rings is 3. The third-order valence-electron chi connectivity index (χ3n) is 4.56. The van der Waals surface area contributed by atoms with E-state index in [1.165, 1.54) is 36.4 Å². The monoisotopic (exact) mass is 444 g/mol. The highest BCUT2D eigenvalue weighted by Gasteiger charge is 2.29. The Bertz CT molecular complexity index is 1230. The summed E-state index contributed by atoms with van der Waals surface area (Å²) in [6.45, 7) is 5.40. The van der Waals surface area contributed by atoms with Crippen molar-refractivity contribution in [3.05, 3.63) is 78.4 Å². The van der Waals surface area contributed by atoms with Crippen molar-refractivity contribution in [2.75, 3.05) is 0 Å². The van der Waals surface area contributed by atoms with Crippen molar-refractivity contribution in [1.82, 2.24) is 0 Å². The van der Waals surface area contributed by atoms with Crippen molar-refractivity contribution in [2.24, 2.45) is 0 Å². The molecule has 0 saturated carbocycles. The number of sulfone groups is 2. The average molecular weight is 445 g/mol. The molecule has 5 nitrogen and oxygen atoms in total. The molecular weight excluding hydrogens is 420 g/mol. The summed E-state index contributed by atoms with van der Waals surface area (Å²) in [4.78, 5) is 0.00196. The number of hydrogen-bond donors (Lipinski definition) is 0. The van der Waals surface area contributed by atoms with Crippen LogP contribution in [0.25, 0.3) is 0 Å². The Kier molecular flexibility index (Phi) is 6.33. The molecular formula is C23H24O5S2. The van der Waals surface area contributed by atoms with Crippen LogP contribution in [-0.4, -0.2) is 22.9 Å². The van der Waals surface area contributed by atoms with E-state index in [2.05, 4.69) is 0 Å². The summed E-state index contributed by atoms with van der Waals surface area (Å²) in [6, 6.07) is 18.7. The van der Waals surface area contributed by atoms with Gasteiger partial charge in [-0.15, -0.1) is 0 Å². The van der Waals surface area contributed by atoms with Gasteiger partial charge in [-0.1, -0.05) is 43.3 Å². The maximum atomic E-state index is 13.4. The maximum absolute atomic E-state index is 13.4. The lowest BCUT2D eigenvalue weighted by atomic mass is 10.1. The van der Waals surface area contributed by atoms with Crippen molar-refractivity contribution in [3.63, 3.8) is 0 Å². The fourth-order valence-corrected chi connectivity index (χ4v) is 6.20. The number of aryl methyl sites for hydroxylation is 1. The normalized spacial score (nSPS) is 12.1. The number of rotatable bonds is 7. The van der Waals surface area contributed by atoms with Crippen LogP contribution < -0.4 is 4.74 Å². The summed E-state index contributed by atoms with van der Waals surface area (Å²) in [6.07, 6.45) is 0.123. The highest BCUT2D eigenvalue weighted by molar-refractivity contribution is 7.92. The van der Waals surface area contributed by atoms with Gasteiger partial charge in [0.25, 0.3) is 0 Å². The molecule has 0 spiro atoms. The van der Waals surface area contributed by atoms with Gasteiger partial charge in [-0.2, -0.15) is 0 Å². The van der Waals surface area contributed by atoms with Gasteiger partial charge in [0.1, 0.15) is 10.6 Å². The Morgan fingerprint density at radius 1 is 0.733 bits per heavy atom. The molecule has 0 atom stereocenters. The van der Waals surface area contributed by atoms with E-state index in [1.807, 2.05) is 6.92 Å². The van der Waals surface area contributed by atoms with Gasteiger partial charge in [0, 0.05) is 0 Å². The highest BCUT2D eigenvalue weighted by atomic mass is 32.2. The Hall–Kier alpha value is -2.64. The van der Waals surface area contributed by atoms with E-state index in [4.69, 9.17) is 4.74 Å². The Morgan fingerprint density at radius 3 is 1.63 bits per heavy atom. The van der Waals surface area contributed by atoms with E-state index < -0.39 is 19.7 Å². The zero-order valence-electron chi connectivity index (χ0n) is 17.1. The van der Waals surface area contributed by atoms with Crippen LogP contribution in [0.3, 0.4) is 0 Å². The summed E-state index contributed by atoms with van der Waals surface area (Å²) < 4.78 is 59.2. The van der Waals surface area contributed by atoms with Gasteiger partial charge in [0.2, 0.25) is 19.7 Å². The fourth-order valence-electron chi connectivity index (χ4n) is 3.12. The molecule has 0 unspecified atom stereocenters. The average Bonchev–Trinajstić information content (AvgIpc) is 2.74. The highest BCUT2D eigenvalue weighted by Crippen LogP contribution is 2.36. The van der Waals surface area contributed by atoms with Crippen LogP contribution >= 0.6 is 0 Å². The van der Waals surface area contributed by atoms with Crippen LogP contribution in [0.4, 0.5) is 0 Å². The van der Waals surface area contributed by atoms with E-state index in [1.54, 1.807) is 50.2 Å². The number of hydrogen-bond acceptors (Lipinski definition) is 5. The molecule has 0 bridgehead atoms. The fraction of sp³-hybridized carbons (Fsp3) is 0.217. The maximum Gasteiger partial charge on any atom is 0.210 e. The molecule has 0 aliphatic heterocycles. The lowest BCUT2D eigenvalue weighted by Crippen LogP contribution is -2.14. The van der Waals surface area contributed by atoms with Crippen LogP contribution in [0.5, 0.6) is 5.75 Å². The van der Waals surface area contributed by atoms with Crippen molar-refractivity contribution in [2.45, 2.75) is 52.9 Å². The molecule has 0 heterocycles.